The number of thiophene rings is 1. The maximum atomic E-state index is 13.4. The lowest BCUT2D eigenvalue weighted by molar-refractivity contribution is 0.00578. The molecule has 0 saturated carbocycles. The summed E-state index contributed by atoms with van der Waals surface area (Å²) in [6.07, 6.45) is 0. The summed E-state index contributed by atoms with van der Waals surface area (Å²) < 4.78 is 25.3. The molecule has 1 N–H and O–H groups in total. The SMILES string of the molecule is CC1(C)OB(c2cc(F)c(C(=O)O)s2)OC1(C)C. The molecular formula is C11H14BFO4S. The van der Waals surface area contributed by atoms with E-state index in [-0.39, 0.29) is 4.88 Å². The van der Waals surface area contributed by atoms with Crippen molar-refractivity contribution >= 4 is 29.2 Å². The van der Waals surface area contributed by atoms with Gasteiger partial charge in [-0.3, -0.25) is 0 Å². The number of carboxylic acids is 1. The van der Waals surface area contributed by atoms with Gasteiger partial charge in [0.1, 0.15) is 10.7 Å². The summed E-state index contributed by atoms with van der Waals surface area (Å²) >= 11 is 0.842. The molecule has 1 aromatic heterocycles. The van der Waals surface area contributed by atoms with Crippen LogP contribution in [0.5, 0.6) is 0 Å². The quantitative estimate of drug-likeness (QED) is 0.835. The van der Waals surface area contributed by atoms with E-state index in [2.05, 4.69) is 0 Å². The summed E-state index contributed by atoms with van der Waals surface area (Å²) in [4.78, 5) is 10.5. The lowest BCUT2D eigenvalue weighted by Gasteiger charge is -2.32. The fourth-order valence-electron chi connectivity index (χ4n) is 1.61. The Morgan fingerprint density at radius 1 is 1.33 bits per heavy atom. The molecular weight excluding hydrogens is 258 g/mol. The van der Waals surface area contributed by atoms with Crippen LogP contribution < -0.4 is 4.78 Å². The van der Waals surface area contributed by atoms with Gasteiger partial charge in [-0.25, -0.2) is 9.18 Å². The Morgan fingerprint density at radius 3 is 2.22 bits per heavy atom. The van der Waals surface area contributed by atoms with Gasteiger partial charge < -0.3 is 14.4 Å². The molecule has 98 valence electrons. The first-order valence-corrected chi connectivity index (χ1v) is 6.34. The van der Waals surface area contributed by atoms with Crippen molar-refractivity contribution in [3.05, 3.63) is 16.8 Å². The Balaban J connectivity index is 2.30. The maximum Gasteiger partial charge on any atom is 0.505 e. The highest BCUT2D eigenvalue weighted by Gasteiger charge is 2.52. The van der Waals surface area contributed by atoms with E-state index in [4.69, 9.17) is 14.4 Å². The van der Waals surface area contributed by atoms with Crippen LogP contribution in [0.15, 0.2) is 6.07 Å². The van der Waals surface area contributed by atoms with Crippen LogP contribution in [0.25, 0.3) is 0 Å². The normalized spacial score (nSPS) is 21.3. The third kappa shape index (κ3) is 2.06. The fraction of sp³-hybridized carbons (Fsp3) is 0.545. The molecule has 0 amide bonds. The molecule has 1 aliphatic heterocycles. The third-order valence-corrected chi connectivity index (χ3v) is 4.51. The van der Waals surface area contributed by atoms with E-state index in [0.717, 1.165) is 17.4 Å². The summed E-state index contributed by atoms with van der Waals surface area (Å²) in [7, 11) is -0.720. The number of halogens is 1. The Hall–Kier alpha value is -0.915. The van der Waals surface area contributed by atoms with Gasteiger partial charge in [0.15, 0.2) is 0 Å². The van der Waals surface area contributed by atoms with Crippen molar-refractivity contribution in [3.63, 3.8) is 0 Å². The molecule has 1 saturated heterocycles. The summed E-state index contributed by atoms with van der Waals surface area (Å²) in [6, 6.07) is 1.16. The Bertz CT molecular complexity index is 481. The summed E-state index contributed by atoms with van der Waals surface area (Å²) in [5.41, 5.74) is -1.05. The van der Waals surface area contributed by atoms with Gasteiger partial charge in [-0.2, -0.15) is 0 Å². The van der Waals surface area contributed by atoms with E-state index in [9.17, 15) is 9.18 Å². The molecule has 1 fully saturated rings. The largest absolute Gasteiger partial charge is 0.505 e. The molecule has 7 heteroatoms. The van der Waals surface area contributed by atoms with Crippen molar-refractivity contribution in [3.8, 4) is 0 Å². The molecule has 0 atom stereocenters. The summed E-state index contributed by atoms with van der Waals surface area (Å²) in [6.45, 7) is 7.54. The van der Waals surface area contributed by atoms with Crippen molar-refractivity contribution in [2.75, 3.05) is 0 Å². The summed E-state index contributed by atoms with van der Waals surface area (Å²) in [5.74, 6) is -2.03. The first kappa shape index (κ1) is 13.5. The van der Waals surface area contributed by atoms with Crippen LogP contribution in [0.2, 0.25) is 0 Å². The Morgan fingerprint density at radius 2 is 1.83 bits per heavy atom. The zero-order chi connectivity index (χ0) is 13.7. The molecule has 0 unspecified atom stereocenters. The lowest BCUT2D eigenvalue weighted by atomic mass is 9.88. The van der Waals surface area contributed by atoms with Crippen LogP contribution in [-0.2, 0) is 9.31 Å². The van der Waals surface area contributed by atoms with Gasteiger partial charge in [-0.15, -0.1) is 11.3 Å². The zero-order valence-corrected chi connectivity index (χ0v) is 11.4. The van der Waals surface area contributed by atoms with Crippen LogP contribution in [0, 0.1) is 5.82 Å². The van der Waals surface area contributed by atoms with Crippen LogP contribution >= 0.6 is 11.3 Å². The van der Waals surface area contributed by atoms with E-state index in [1.165, 1.54) is 0 Å². The van der Waals surface area contributed by atoms with Gasteiger partial charge in [-0.1, -0.05) is 0 Å². The van der Waals surface area contributed by atoms with Gasteiger partial charge >= 0.3 is 13.1 Å². The molecule has 0 bridgehead atoms. The number of hydrogen-bond donors (Lipinski definition) is 1. The molecule has 0 radical (unpaired) electrons. The van der Waals surface area contributed by atoms with Gasteiger partial charge in [0, 0.05) is 4.78 Å². The second-order valence-electron chi connectivity index (χ2n) is 5.22. The third-order valence-electron chi connectivity index (χ3n) is 3.39. The molecule has 4 nitrogen and oxygen atoms in total. The lowest BCUT2D eigenvalue weighted by Crippen LogP contribution is -2.41. The minimum Gasteiger partial charge on any atom is -0.477 e. The highest BCUT2D eigenvalue weighted by molar-refractivity contribution is 7.23. The number of carbonyl (C=O) groups is 1. The van der Waals surface area contributed by atoms with Crippen LogP contribution in [-0.4, -0.2) is 29.4 Å². The number of rotatable bonds is 2. The maximum absolute atomic E-state index is 13.4. The van der Waals surface area contributed by atoms with E-state index in [0.29, 0.717) is 4.78 Å². The van der Waals surface area contributed by atoms with Gasteiger partial charge in [-0.05, 0) is 33.8 Å². The van der Waals surface area contributed by atoms with Crippen LogP contribution in [0.4, 0.5) is 4.39 Å². The second-order valence-corrected chi connectivity index (χ2v) is 6.30. The minimum absolute atomic E-state index is 0.320. The smallest absolute Gasteiger partial charge is 0.477 e. The topological polar surface area (TPSA) is 55.8 Å². The van der Waals surface area contributed by atoms with E-state index < -0.39 is 30.1 Å². The minimum atomic E-state index is -1.28. The van der Waals surface area contributed by atoms with Crippen molar-refractivity contribution in [2.45, 2.75) is 38.9 Å². The Kier molecular flexibility index (Phi) is 3.04. The highest BCUT2D eigenvalue weighted by Crippen LogP contribution is 2.37. The van der Waals surface area contributed by atoms with Crippen LogP contribution in [0.1, 0.15) is 37.4 Å². The predicted octanol–water partition coefficient (Wildman–Crippen LogP) is 1.88. The molecule has 0 aromatic carbocycles. The van der Waals surface area contributed by atoms with E-state index >= 15 is 0 Å². The van der Waals surface area contributed by atoms with Crippen molar-refractivity contribution in [2.24, 2.45) is 0 Å². The zero-order valence-electron chi connectivity index (χ0n) is 10.6. The molecule has 2 heterocycles. The average Bonchev–Trinajstić information content (AvgIpc) is 2.66. The molecule has 0 spiro atoms. The predicted molar refractivity (Wildman–Crippen MR) is 67.0 cm³/mol. The number of aromatic carboxylic acids is 1. The molecule has 1 aliphatic rings. The average molecular weight is 272 g/mol. The van der Waals surface area contributed by atoms with Crippen LogP contribution in [0.3, 0.4) is 0 Å². The molecule has 2 rings (SSSR count). The van der Waals surface area contributed by atoms with Gasteiger partial charge in [0.2, 0.25) is 0 Å². The summed E-state index contributed by atoms with van der Waals surface area (Å²) in [5, 5.41) is 8.82. The van der Waals surface area contributed by atoms with Crippen molar-refractivity contribution < 1.29 is 23.6 Å². The Labute approximate surface area is 109 Å². The standard InChI is InChI=1S/C11H14BFO4S/c1-10(2)11(3,4)17-12(16-10)7-5-6(13)8(18-7)9(14)15/h5H,1-4H3,(H,14,15). The number of carboxylic acid groups (broad SMARTS) is 1. The van der Waals surface area contributed by atoms with Crippen molar-refractivity contribution in [1.29, 1.82) is 0 Å². The van der Waals surface area contributed by atoms with E-state index in [1.54, 1.807) is 0 Å². The second kappa shape index (κ2) is 4.04. The molecule has 18 heavy (non-hydrogen) atoms. The highest BCUT2D eigenvalue weighted by atomic mass is 32.1. The van der Waals surface area contributed by atoms with E-state index in [1.807, 2.05) is 27.7 Å². The first-order chi connectivity index (χ1) is 8.14. The van der Waals surface area contributed by atoms with Crippen molar-refractivity contribution in [1.82, 2.24) is 0 Å². The monoisotopic (exact) mass is 272 g/mol. The fourth-order valence-corrected chi connectivity index (χ4v) is 2.44. The molecule has 0 aliphatic carbocycles. The van der Waals surface area contributed by atoms with Gasteiger partial charge in [0.25, 0.3) is 0 Å². The first-order valence-electron chi connectivity index (χ1n) is 5.52. The number of hydrogen-bond acceptors (Lipinski definition) is 4. The molecule has 1 aromatic rings. The van der Waals surface area contributed by atoms with Gasteiger partial charge in [0.05, 0.1) is 11.2 Å².